The van der Waals surface area contributed by atoms with Crippen molar-refractivity contribution in [3.05, 3.63) is 280 Å². The Bertz CT molecular complexity index is 4940. The van der Waals surface area contributed by atoms with Crippen LogP contribution < -0.4 is 101 Å². The smallest absolute Gasteiger partial charge is 1.00 e. The number of nitrogens with one attached hydrogen (secondary N) is 2. The number of rotatable bonds is 9. The number of Topliss-reactive ketones (excluding diaryl/α,β-unsaturated/α-hetero) is 2. The summed E-state index contributed by atoms with van der Waals surface area (Å²) in [6.07, 6.45) is 21.5. The van der Waals surface area contributed by atoms with E-state index in [1.807, 2.05) is 127 Å². The molecule has 20 heterocycles. The number of benzene rings is 5. The number of carbonyl (C=O) groups excluding carboxylic acids is 5. The zero-order valence-corrected chi connectivity index (χ0v) is 81.5. The summed E-state index contributed by atoms with van der Waals surface area (Å²) in [7, 11) is 7.36. The van der Waals surface area contributed by atoms with Gasteiger partial charge in [0.25, 0.3) is 5.91 Å². The molecule has 0 unspecified atom stereocenters. The zero-order chi connectivity index (χ0) is 83.7. The fraction of sp³-hybridized carbons (Fsp3) is 0.347. The van der Waals surface area contributed by atoms with Crippen LogP contribution in [-0.2, 0) is 34.9 Å². The molecule has 10 bridgehead atoms. The van der Waals surface area contributed by atoms with Gasteiger partial charge >= 0.3 is 29.6 Å². The molecule has 676 valence electrons. The molecule has 0 radical (unpaired) electrons. The Hall–Kier alpha value is -10.3. The first-order valence-corrected chi connectivity index (χ1v) is 43.4. The van der Waals surface area contributed by atoms with Gasteiger partial charge in [0.2, 0.25) is 27.2 Å². The van der Waals surface area contributed by atoms with Crippen LogP contribution in [0.15, 0.2) is 242 Å². The molecule has 15 aliphatic heterocycles. The number of aromatic amines is 1. The third-order valence-corrected chi connectivity index (χ3v) is 22.3. The Kier molecular flexibility index (Phi) is 54.0. The van der Waals surface area contributed by atoms with Crippen molar-refractivity contribution in [2.75, 3.05) is 98.0 Å². The summed E-state index contributed by atoms with van der Waals surface area (Å²) in [6.45, 7) is 12.3. The summed E-state index contributed by atoms with van der Waals surface area (Å²) >= 11 is 11.1. The number of anilines is 4. The molecule has 0 spiro atoms. The van der Waals surface area contributed by atoms with Crippen LogP contribution in [0.4, 0.5) is 22.9 Å². The molecule has 0 saturated carbocycles. The molecule has 2 amide bonds. The van der Waals surface area contributed by atoms with Gasteiger partial charge in [-0.25, -0.2) is 20.0 Å². The van der Waals surface area contributed by atoms with Gasteiger partial charge in [-0.2, -0.15) is 4.57 Å². The minimum atomic E-state index is -1.67. The first kappa shape index (κ1) is 115. The van der Waals surface area contributed by atoms with Crippen molar-refractivity contribution in [1.82, 2.24) is 29.7 Å². The number of nitrogen functional groups attached to an aromatic ring is 1. The molecular formula is C95H124Cl5DbN16NaO8S. The van der Waals surface area contributed by atoms with Crippen molar-refractivity contribution in [3.8, 4) is 33.4 Å². The molecule has 24 nitrogen and oxygen atoms in total. The number of hydrazine groups is 2. The number of primary amides is 2. The summed E-state index contributed by atoms with van der Waals surface area (Å²) in [6, 6.07) is 67.6. The van der Waals surface area contributed by atoms with E-state index in [1.54, 1.807) is 47.6 Å². The van der Waals surface area contributed by atoms with E-state index in [4.69, 9.17) is 44.0 Å². The van der Waals surface area contributed by atoms with Crippen molar-refractivity contribution < 1.29 is 80.2 Å². The monoisotopic (exact) mass is 2110 g/mol. The zero-order valence-electron chi connectivity index (χ0n) is 68.5. The van der Waals surface area contributed by atoms with Gasteiger partial charge in [0, 0.05) is 162 Å². The van der Waals surface area contributed by atoms with E-state index in [-0.39, 0.29) is 108 Å². The summed E-state index contributed by atoms with van der Waals surface area (Å²) in [5.41, 5.74) is 29.6. The summed E-state index contributed by atoms with van der Waals surface area (Å²) in [4.78, 5) is 92.9. The predicted molar refractivity (Wildman–Crippen MR) is 511 cm³/mol. The summed E-state index contributed by atoms with van der Waals surface area (Å²) in [5.74, 6) is 16.8. The molecule has 5 aromatic carbocycles. The molecule has 0 aliphatic carbocycles. The quantitative estimate of drug-likeness (QED) is 0.00812. The van der Waals surface area contributed by atoms with Gasteiger partial charge in [0.1, 0.15) is 28.9 Å². The summed E-state index contributed by atoms with van der Waals surface area (Å²) < 4.78 is 10.8. The van der Waals surface area contributed by atoms with Crippen LogP contribution in [-0.4, -0.2) is 147 Å². The molecule has 13 N–H and O–H groups in total. The number of halogens is 5. The SMILES string of the molecule is C.C.C.C.C.Clc1cc(-c2ccccc2)c2c(n1)C1CCN2CC1.NC(=O)CCl.NC(=O)C[n+]1ccccc1.NN.NNc1cc(-c2ccccc2)c2c(n1)C1CCN2CC1.O=C1/C(=C/c2ccccc2)N2CCC1CC2.O=C1CN2CCC1CC2.O=Cc1ccccc1.O=S(Cl)Cl.O=c1cc(-c2ccccc2)c2c([nH]1)C1CCN2CC1.[Cl-].[Db].[Na+].[OH-].c1ccncc1. The van der Waals surface area contributed by atoms with E-state index in [9.17, 15) is 28.8 Å². The van der Waals surface area contributed by atoms with Crippen LogP contribution in [0.25, 0.3) is 39.5 Å². The third-order valence-electron chi connectivity index (χ3n) is 21.8. The van der Waals surface area contributed by atoms with Gasteiger partial charge in [-0.1, -0.05) is 213 Å². The van der Waals surface area contributed by atoms with E-state index < -0.39 is 15.1 Å². The van der Waals surface area contributed by atoms with E-state index >= 15 is 0 Å². The molecule has 9 fully saturated rings. The third kappa shape index (κ3) is 33.4. The number of hydrogen-bond donors (Lipinski definition) is 7. The molecular weight excluding hydrogens is 1990 g/mol. The fourth-order valence-corrected chi connectivity index (χ4v) is 16.4. The Morgan fingerprint density at radius 3 is 1.24 bits per heavy atom. The number of H-pyrrole nitrogens is 1. The van der Waals surface area contributed by atoms with Crippen LogP contribution in [0.5, 0.6) is 0 Å². The number of nitrogens with zero attached hydrogens (tertiary/aromatic N) is 9. The number of hydrogen-bond acceptors (Lipinski definition) is 20. The van der Waals surface area contributed by atoms with E-state index in [0.29, 0.717) is 46.3 Å². The minimum absolute atomic E-state index is 0. The maximum absolute atomic E-state index is 12.1. The second kappa shape index (κ2) is 59.7. The number of aldehydes is 1. The van der Waals surface area contributed by atoms with Crippen LogP contribution >= 0.6 is 44.6 Å². The Balaban J connectivity index is 0.000000722. The Morgan fingerprint density at radius 2 is 0.882 bits per heavy atom. The van der Waals surface area contributed by atoms with Crippen LogP contribution in [0.3, 0.4) is 0 Å². The molecule has 5 aromatic heterocycles. The molecule has 10 aromatic rings. The summed E-state index contributed by atoms with van der Waals surface area (Å²) in [5, 5.41) is 0.617. The number of alkyl halides is 1. The first-order valence-electron chi connectivity index (χ1n) is 39.7. The number of allylic oxidation sites excluding steroid dienone is 1. The number of carbonyl (C=O) groups is 5. The predicted octanol–water partition coefficient (Wildman–Crippen LogP) is 10.8. The van der Waals surface area contributed by atoms with Crippen molar-refractivity contribution in [2.24, 2.45) is 40.8 Å². The maximum atomic E-state index is 12.1. The second-order valence-corrected chi connectivity index (χ2v) is 32.5. The fourth-order valence-electron chi connectivity index (χ4n) is 16.2. The maximum Gasteiger partial charge on any atom is 1.00 e. The largest absolute Gasteiger partial charge is 1.00 e. The molecule has 15 aliphatic rings. The topological polar surface area (TPSA) is 366 Å². The van der Waals surface area contributed by atoms with Crippen molar-refractivity contribution in [2.45, 2.75) is 126 Å². The van der Waals surface area contributed by atoms with Crippen molar-refractivity contribution in [1.29, 1.82) is 0 Å². The number of ketones is 2. The molecule has 9 saturated heterocycles. The van der Waals surface area contributed by atoms with Crippen molar-refractivity contribution >= 4 is 112 Å². The van der Waals surface area contributed by atoms with Gasteiger partial charge in [-0.05, 0) is 130 Å². The number of pyridine rings is 5. The Labute approximate surface area is 794 Å². The molecule has 127 heavy (non-hydrogen) atoms. The van der Waals surface area contributed by atoms with Gasteiger partial charge in [-0.3, -0.25) is 50.3 Å². The minimum Gasteiger partial charge on any atom is -1.00 e. The number of fused-ring (bicyclic) bond motifs is 12. The van der Waals surface area contributed by atoms with Crippen LogP contribution in [0.1, 0.15) is 152 Å². The standard InChI is InChI=1S/C16H15ClN2.C16H18N4.C16H16N2O.C14H15NO.C7H8N2O.C7H11NO.C7H6O.C5H5N.C2H4ClNO.5CH4.Cl2OS.ClH.Db.H4N2.Na.H2O/c17-14-10-13(11-4-2-1-3-5-11)16-15(18-14)12-6-8-19(16)9-7-12;17-19-14-10-13(11-4-2-1-3-5-11)16-15(18-14)12-6-8-20(16)9-7-12;19-14-10-13(11-4-2-1-3-5-11)16-15(17-14)12-6-8-18(16)9-7-12;16-14-12-6-8-15(9-7-12)13(14)10-11-4-2-1-3-5-11;8-7(10)6-9-4-2-1-3-5-9;9-7-5-8-3-1-6(7)2-4-8;8-6-7-4-2-1-3-5-7;1-2-4-6-5-3-1;3-1-2(4)5;;;;;;1-4(2)3;;;1-2;;/h1-5,10,12H,6-9H2;1-5,10,12H,6-9,17H2,(H,18,19);1-5,10,12H,6-9H2,(H,17,19);1-5,10,12H,6-9H2;1-5H,6H2,(H-,8,10);6H,1-5H2;1-6H;1-5H;1H2,(H2,4,5);5*1H4;;1H;;1-2H2;;1H2/q;;;;;;;;;;;;;;;;;;+1;/p-1/b;;;13-10-;;;;;;;;;;;;;;;;. The van der Waals surface area contributed by atoms with Gasteiger partial charge in [0.05, 0.1) is 40.7 Å². The first-order chi connectivity index (χ1) is 57.4. The number of piperidine rings is 9. The van der Waals surface area contributed by atoms with Crippen LogP contribution in [0.2, 0.25) is 5.15 Å². The average Bonchev–Trinajstić information content (AvgIpc) is 0.762. The van der Waals surface area contributed by atoms with Gasteiger partial charge < -0.3 is 59.4 Å². The molecule has 32 heteroatoms. The van der Waals surface area contributed by atoms with E-state index in [0.717, 1.165) is 143 Å². The normalized spacial score (nSPS) is 16.1. The number of aromatic nitrogens is 5. The number of nitrogens with two attached hydrogens (primary N) is 5. The van der Waals surface area contributed by atoms with Crippen molar-refractivity contribution in [3.63, 3.8) is 0 Å². The number of amides is 2. The molecule has 25 rings (SSSR count). The average molecular weight is 2120 g/mol. The molecule has 0 atom stereocenters. The van der Waals surface area contributed by atoms with E-state index in [2.05, 4.69) is 150 Å². The Morgan fingerprint density at radius 1 is 0.512 bits per heavy atom. The van der Waals surface area contributed by atoms with E-state index in [1.165, 1.54) is 89.2 Å². The van der Waals surface area contributed by atoms with Crippen LogP contribution in [0, 0.1) is 11.8 Å². The van der Waals surface area contributed by atoms with Gasteiger partial charge in [-0.15, -0.1) is 11.6 Å². The second-order valence-electron chi connectivity index (χ2n) is 29.3. The van der Waals surface area contributed by atoms with Gasteiger partial charge in [0.15, 0.2) is 18.2 Å².